The molecule has 2 amide bonds. The van der Waals surface area contributed by atoms with Crippen LogP contribution >= 0.6 is 0 Å². The molecule has 0 aromatic rings. The maximum Gasteiger partial charge on any atom is 0.314 e. The van der Waals surface area contributed by atoms with Crippen molar-refractivity contribution in [3.8, 4) is 0 Å². The molecule has 0 atom stereocenters. The van der Waals surface area contributed by atoms with Crippen LogP contribution in [0.25, 0.3) is 0 Å². The average molecular weight is 321 g/mol. The molecule has 0 saturated heterocycles. The zero-order chi connectivity index (χ0) is 16.1. The number of sulfonamides is 1. The van der Waals surface area contributed by atoms with E-state index in [1.807, 2.05) is 0 Å². The maximum absolute atomic E-state index is 11.5. The maximum atomic E-state index is 11.5. The van der Waals surface area contributed by atoms with Gasteiger partial charge in [0.25, 0.3) is 0 Å². The van der Waals surface area contributed by atoms with E-state index in [0.717, 1.165) is 12.8 Å². The van der Waals surface area contributed by atoms with Crippen LogP contribution in [0, 0.1) is 11.3 Å². The molecule has 8 nitrogen and oxygen atoms in total. The number of hydrogen-bond donors (Lipinski definition) is 4. The van der Waals surface area contributed by atoms with Crippen LogP contribution in [0.2, 0.25) is 0 Å². The number of rotatable bonds is 6. The Balaban J connectivity index is 2.43. The van der Waals surface area contributed by atoms with Gasteiger partial charge < -0.3 is 15.7 Å². The van der Waals surface area contributed by atoms with Crippen LogP contribution in [-0.2, 0) is 14.8 Å². The van der Waals surface area contributed by atoms with Crippen molar-refractivity contribution < 1.29 is 23.1 Å². The number of hydrogen-bond acceptors (Lipinski definition) is 4. The number of carbonyl (C=O) groups is 2. The van der Waals surface area contributed by atoms with E-state index in [-0.39, 0.29) is 18.8 Å². The zero-order valence-electron chi connectivity index (χ0n) is 12.1. The number of carbonyl (C=O) groups excluding carboxylic acids is 1. The third-order valence-electron chi connectivity index (χ3n) is 3.94. The van der Waals surface area contributed by atoms with E-state index in [1.54, 1.807) is 0 Å². The highest BCUT2D eigenvalue weighted by Crippen LogP contribution is 2.38. The van der Waals surface area contributed by atoms with Crippen molar-refractivity contribution in [2.45, 2.75) is 32.6 Å². The molecule has 0 heterocycles. The monoisotopic (exact) mass is 321 g/mol. The van der Waals surface area contributed by atoms with Crippen LogP contribution in [0.15, 0.2) is 0 Å². The topological polar surface area (TPSA) is 139 Å². The van der Waals surface area contributed by atoms with Crippen molar-refractivity contribution in [3.63, 3.8) is 0 Å². The van der Waals surface area contributed by atoms with Gasteiger partial charge in [0.2, 0.25) is 10.0 Å². The van der Waals surface area contributed by atoms with Crippen LogP contribution in [0.1, 0.15) is 32.6 Å². The Morgan fingerprint density at radius 2 is 1.86 bits per heavy atom. The van der Waals surface area contributed by atoms with Crippen molar-refractivity contribution in [2.24, 2.45) is 16.5 Å². The molecule has 1 aliphatic carbocycles. The van der Waals surface area contributed by atoms with Crippen molar-refractivity contribution in [1.29, 1.82) is 0 Å². The third kappa shape index (κ3) is 5.88. The van der Waals surface area contributed by atoms with Gasteiger partial charge in [0, 0.05) is 13.1 Å². The van der Waals surface area contributed by atoms with Crippen molar-refractivity contribution in [3.05, 3.63) is 0 Å². The Bertz CT molecular complexity index is 483. The summed E-state index contributed by atoms with van der Waals surface area (Å²) in [5.74, 6) is -0.762. The normalized spacial score (nSPS) is 26.1. The molecular formula is C12H23N3O5S. The van der Waals surface area contributed by atoms with Crippen LogP contribution < -0.4 is 15.8 Å². The minimum absolute atomic E-state index is 0.0380. The van der Waals surface area contributed by atoms with Gasteiger partial charge in [-0.3, -0.25) is 4.79 Å². The van der Waals surface area contributed by atoms with E-state index in [1.165, 1.54) is 0 Å². The fourth-order valence-corrected chi connectivity index (χ4v) is 2.79. The van der Waals surface area contributed by atoms with Gasteiger partial charge >= 0.3 is 12.0 Å². The Labute approximate surface area is 124 Å². The van der Waals surface area contributed by atoms with E-state index in [0.29, 0.717) is 18.8 Å². The van der Waals surface area contributed by atoms with E-state index in [9.17, 15) is 23.1 Å². The summed E-state index contributed by atoms with van der Waals surface area (Å²) in [7, 11) is -3.62. The number of primary sulfonamides is 1. The van der Waals surface area contributed by atoms with Crippen LogP contribution in [0.5, 0.6) is 0 Å². The average Bonchev–Trinajstić information content (AvgIpc) is 2.36. The molecule has 21 heavy (non-hydrogen) atoms. The number of nitrogens with one attached hydrogen (secondary N) is 2. The first-order valence-electron chi connectivity index (χ1n) is 6.90. The highest BCUT2D eigenvalue weighted by molar-refractivity contribution is 7.89. The standard InChI is InChI=1S/C12H23N3O5S/c1-9-2-4-12(5-3-9,10(16)17)8-15-11(18)14-6-7-21(13,19)20/h9H,2-8H2,1H3,(H,16,17)(H2,13,19,20)(H2,14,15,18). The quantitative estimate of drug-likeness (QED) is 0.539. The number of amides is 2. The summed E-state index contributed by atoms with van der Waals surface area (Å²) in [5, 5.41) is 19.1. The molecule has 1 rings (SSSR count). The third-order valence-corrected chi connectivity index (χ3v) is 4.72. The minimum Gasteiger partial charge on any atom is -0.481 e. The smallest absolute Gasteiger partial charge is 0.314 e. The Hall–Kier alpha value is -1.35. The fourth-order valence-electron chi connectivity index (χ4n) is 2.40. The molecule has 122 valence electrons. The van der Waals surface area contributed by atoms with E-state index in [2.05, 4.69) is 17.6 Å². The lowest BCUT2D eigenvalue weighted by atomic mass is 9.71. The van der Waals surface area contributed by atoms with Crippen LogP contribution in [0.4, 0.5) is 4.79 Å². The molecule has 0 spiro atoms. The van der Waals surface area contributed by atoms with Gasteiger partial charge in [-0.1, -0.05) is 6.92 Å². The highest BCUT2D eigenvalue weighted by Gasteiger charge is 2.41. The van der Waals surface area contributed by atoms with Gasteiger partial charge in [-0.2, -0.15) is 0 Å². The number of urea groups is 1. The molecule has 0 bridgehead atoms. The number of nitrogens with two attached hydrogens (primary N) is 1. The van der Waals surface area contributed by atoms with Crippen molar-refractivity contribution in [2.75, 3.05) is 18.8 Å². The number of carboxylic acid groups (broad SMARTS) is 1. The molecule has 0 aromatic heterocycles. The Morgan fingerprint density at radius 3 is 2.33 bits per heavy atom. The first kappa shape index (κ1) is 17.7. The molecule has 5 N–H and O–H groups in total. The summed E-state index contributed by atoms with van der Waals surface area (Å²) >= 11 is 0. The zero-order valence-corrected chi connectivity index (χ0v) is 12.9. The lowest BCUT2D eigenvalue weighted by molar-refractivity contribution is -0.151. The molecule has 0 unspecified atom stereocenters. The summed E-state index contributed by atoms with van der Waals surface area (Å²) in [6.07, 6.45) is 2.70. The molecule has 1 saturated carbocycles. The number of aliphatic carboxylic acids is 1. The van der Waals surface area contributed by atoms with Gasteiger partial charge in [-0.15, -0.1) is 0 Å². The van der Waals surface area contributed by atoms with Gasteiger partial charge in [0.05, 0.1) is 11.2 Å². The van der Waals surface area contributed by atoms with Gasteiger partial charge in [0.1, 0.15) is 0 Å². The van der Waals surface area contributed by atoms with Gasteiger partial charge in [0.15, 0.2) is 0 Å². The number of carboxylic acids is 1. The first-order chi connectivity index (χ1) is 9.65. The Kier molecular flexibility index (Phi) is 5.97. The summed E-state index contributed by atoms with van der Waals surface area (Å²) < 4.78 is 21.4. The second-order valence-corrected chi connectivity index (χ2v) is 7.48. The summed E-state index contributed by atoms with van der Waals surface area (Å²) in [6, 6.07) is -0.585. The molecule has 1 fully saturated rings. The molecule has 0 aliphatic heterocycles. The first-order valence-corrected chi connectivity index (χ1v) is 8.62. The second kappa shape index (κ2) is 7.08. The van der Waals surface area contributed by atoms with Crippen molar-refractivity contribution >= 4 is 22.0 Å². The summed E-state index contributed by atoms with van der Waals surface area (Å²) in [6.45, 7) is 2.01. The second-order valence-electron chi connectivity index (χ2n) is 5.74. The lowest BCUT2D eigenvalue weighted by Gasteiger charge is -2.35. The van der Waals surface area contributed by atoms with Crippen molar-refractivity contribution in [1.82, 2.24) is 10.6 Å². The van der Waals surface area contributed by atoms with Gasteiger partial charge in [-0.25, -0.2) is 18.4 Å². The fraction of sp³-hybridized carbons (Fsp3) is 0.833. The molecule has 0 aromatic carbocycles. The largest absolute Gasteiger partial charge is 0.481 e. The van der Waals surface area contributed by atoms with E-state index in [4.69, 9.17) is 5.14 Å². The summed E-state index contributed by atoms with van der Waals surface area (Å²) in [4.78, 5) is 23.0. The summed E-state index contributed by atoms with van der Waals surface area (Å²) in [5.41, 5.74) is -0.927. The predicted octanol–water partition coefficient (Wildman–Crippen LogP) is -0.145. The minimum atomic E-state index is -3.62. The van der Waals surface area contributed by atoms with Gasteiger partial charge in [-0.05, 0) is 31.6 Å². The SMILES string of the molecule is CC1CCC(CNC(=O)NCCS(N)(=O)=O)(C(=O)O)CC1. The van der Waals surface area contributed by atoms with E-state index < -0.39 is 27.4 Å². The Morgan fingerprint density at radius 1 is 1.29 bits per heavy atom. The molecule has 1 aliphatic rings. The van der Waals surface area contributed by atoms with Crippen LogP contribution in [0.3, 0.4) is 0 Å². The molecule has 9 heteroatoms. The highest BCUT2D eigenvalue weighted by atomic mass is 32.2. The predicted molar refractivity (Wildman–Crippen MR) is 77.1 cm³/mol. The lowest BCUT2D eigenvalue weighted by Crippen LogP contribution is -2.48. The van der Waals surface area contributed by atoms with Crippen LogP contribution in [-0.4, -0.2) is 44.4 Å². The molecular weight excluding hydrogens is 298 g/mol. The molecule has 0 radical (unpaired) electrons. The van der Waals surface area contributed by atoms with E-state index >= 15 is 0 Å².